The summed E-state index contributed by atoms with van der Waals surface area (Å²) in [7, 11) is 0. The number of hydrogen-bond donors (Lipinski definition) is 1. The first-order chi connectivity index (χ1) is 7.81. The predicted molar refractivity (Wildman–Crippen MR) is 59.7 cm³/mol. The molecule has 0 fully saturated rings. The summed E-state index contributed by atoms with van der Waals surface area (Å²) in [5.41, 5.74) is 1.37. The highest BCUT2D eigenvalue weighted by atomic mass is 19.1. The number of aromatic nitrogens is 2. The molecule has 0 aliphatic heterocycles. The normalized spacial score (nSPS) is 11.8. The molecule has 0 saturated heterocycles. The third-order valence-corrected chi connectivity index (χ3v) is 2.22. The number of halogens is 1. The number of nitrogens with zero attached hydrogens (tertiary/aromatic N) is 2. The van der Waals surface area contributed by atoms with Crippen LogP contribution in [0.3, 0.4) is 0 Å². The first kappa shape index (κ1) is 10.6. The van der Waals surface area contributed by atoms with E-state index in [1.165, 1.54) is 0 Å². The van der Waals surface area contributed by atoms with Crippen molar-refractivity contribution in [1.29, 1.82) is 0 Å². The number of rotatable bonds is 3. The van der Waals surface area contributed by atoms with E-state index in [1.807, 2.05) is 10.8 Å². The van der Waals surface area contributed by atoms with Crippen LogP contribution in [-0.4, -0.2) is 21.3 Å². The number of benzene rings is 1. The molecule has 4 heteroatoms. The van der Waals surface area contributed by atoms with Crippen molar-refractivity contribution < 1.29 is 9.50 Å². The van der Waals surface area contributed by atoms with Crippen molar-refractivity contribution in [3.8, 4) is 5.69 Å². The molecule has 16 heavy (non-hydrogen) atoms. The fraction of sp³-hybridized carbons (Fsp3) is 0.0833. The molecule has 0 bridgehead atoms. The average Bonchev–Trinajstić information content (AvgIpc) is 2.83. The highest BCUT2D eigenvalue weighted by Crippen LogP contribution is 2.17. The van der Waals surface area contributed by atoms with Crippen LogP contribution in [0.2, 0.25) is 0 Å². The Morgan fingerprint density at radius 1 is 1.38 bits per heavy atom. The molecule has 0 unspecified atom stereocenters. The van der Waals surface area contributed by atoms with Gasteiger partial charge in [0.25, 0.3) is 0 Å². The monoisotopic (exact) mass is 218 g/mol. The zero-order valence-electron chi connectivity index (χ0n) is 8.55. The number of imidazole rings is 1. The molecule has 0 atom stereocenters. The summed E-state index contributed by atoms with van der Waals surface area (Å²) < 4.78 is 15.1. The Morgan fingerprint density at radius 2 is 2.12 bits per heavy atom. The van der Waals surface area contributed by atoms with Gasteiger partial charge >= 0.3 is 0 Å². The van der Waals surface area contributed by atoms with Crippen LogP contribution >= 0.6 is 0 Å². The third-order valence-electron chi connectivity index (χ3n) is 2.22. The van der Waals surface area contributed by atoms with Gasteiger partial charge in [-0.1, -0.05) is 0 Å². The maximum absolute atomic E-state index is 13.3. The lowest BCUT2D eigenvalue weighted by molar-refractivity contribution is 0.342. The Morgan fingerprint density at radius 3 is 2.69 bits per heavy atom. The molecule has 0 aliphatic rings. The Labute approximate surface area is 92.5 Å². The largest absolute Gasteiger partial charge is 0.392 e. The molecule has 82 valence electrons. The van der Waals surface area contributed by atoms with Gasteiger partial charge in [0.15, 0.2) is 0 Å². The van der Waals surface area contributed by atoms with Crippen LogP contribution in [-0.2, 0) is 0 Å². The molecule has 1 heterocycles. The van der Waals surface area contributed by atoms with Crippen LogP contribution in [0, 0.1) is 0 Å². The van der Waals surface area contributed by atoms with Gasteiger partial charge in [0.1, 0.15) is 5.83 Å². The van der Waals surface area contributed by atoms with Crippen molar-refractivity contribution in [1.82, 2.24) is 9.55 Å². The minimum Gasteiger partial charge on any atom is -0.392 e. The average molecular weight is 218 g/mol. The number of aliphatic hydroxyl groups is 1. The second kappa shape index (κ2) is 4.72. The molecule has 3 nitrogen and oxygen atoms in total. The molecular formula is C12H11FN2O. The van der Waals surface area contributed by atoms with E-state index < -0.39 is 5.83 Å². The van der Waals surface area contributed by atoms with Crippen molar-refractivity contribution in [2.45, 2.75) is 0 Å². The van der Waals surface area contributed by atoms with Gasteiger partial charge in [-0.2, -0.15) is 0 Å². The van der Waals surface area contributed by atoms with Crippen LogP contribution < -0.4 is 0 Å². The van der Waals surface area contributed by atoms with Gasteiger partial charge in [-0.15, -0.1) is 0 Å². The van der Waals surface area contributed by atoms with Gasteiger partial charge in [-0.05, 0) is 30.3 Å². The molecule has 1 N–H and O–H groups in total. The summed E-state index contributed by atoms with van der Waals surface area (Å²) in [6.45, 7) is -0.297. The van der Waals surface area contributed by atoms with Gasteiger partial charge in [-0.25, -0.2) is 9.37 Å². The summed E-state index contributed by atoms with van der Waals surface area (Å²) in [5.74, 6) is -0.417. The molecule has 1 aromatic heterocycles. The molecule has 2 rings (SSSR count). The molecule has 2 aromatic rings. The van der Waals surface area contributed by atoms with E-state index in [4.69, 9.17) is 5.11 Å². The fourth-order valence-corrected chi connectivity index (χ4v) is 1.40. The van der Waals surface area contributed by atoms with E-state index in [1.54, 1.807) is 36.8 Å². The standard InChI is InChI=1S/C12H11FN2O/c13-12(5-8-16)10-1-3-11(4-2-10)15-7-6-14-9-15/h1-7,9,16H,8H2/b12-5-. The minimum absolute atomic E-state index is 0.297. The first-order valence-electron chi connectivity index (χ1n) is 4.86. The van der Waals surface area contributed by atoms with E-state index in [-0.39, 0.29) is 6.61 Å². The molecule has 0 aliphatic carbocycles. The quantitative estimate of drug-likeness (QED) is 0.857. The maximum Gasteiger partial charge on any atom is 0.128 e. The fourth-order valence-electron chi connectivity index (χ4n) is 1.40. The Balaban J connectivity index is 2.26. The summed E-state index contributed by atoms with van der Waals surface area (Å²) in [6.07, 6.45) is 6.30. The Kier molecular flexibility index (Phi) is 3.12. The van der Waals surface area contributed by atoms with Crippen LogP contribution in [0.15, 0.2) is 49.1 Å². The Hall–Kier alpha value is -1.94. The predicted octanol–water partition coefficient (Wildman–Crippen LogP) is 2.17. The molecule has 0 radical (unpaired) electrons. The Bertz CT molecular complexity index is 474. The van der Waals surface area contributed by atoms with Crippen LogP contribution in [0.4, 0.5) is 4.39 Å². The van der Waals surface area contributed by atoms with E-state index in [0.29, 0.717) is 5.56 Å². The number of hydrogen-bond acceptors (Lipinski definition) is 2. The van der Waals surface area contributed by atoms with Crippen molar-refractivity contribution >= 4 is 5.83 Å². The van der Waals surface area contributed by atoms with Gasteiger partial charge < -0.3 is 9.67 Å². The maximum atomic E-state index is 13.3. The SMILES string of the molecule is OC/C=C(\F)c1ccc(-n2ccnc2)cc1. The second-order valence-electron chi connectivity index (χ2n) is 3.25. The highest BCUT2D eigenvalue weighted by molar-refractivity contribution is 5.60. The summed E-state index contributed by atoms with van der Waals surface area (Å²) in [4.78, 5) is 3.93. The minimum atomic E-state index is -0.417. The summed E-state index contributed by atoms with van der Waals surface area (Å²) in [5, 5.41) is 8.57. The zero-order valence-corrected chi connectivity index (χ0v) is 8.55. The topological polar surface area (TPSA) is 38.0 Å². The lowest BCUT2D eigenvalue weighted by Crippen LogP contribution is -1.90. The van der Waals surface area contributed by atoms with Crippen molar-refractivity contribution in [2.75, 3.05) is 6.61 Å². The second-order valence-corrected chi connectivity index (χ2v) is 3.25. The van der Waals surface area contributed by atoms with E-state index in [9.17, 15) is 4.39 Å². The first-order valence-corrected chi connectivity index (χ1v) is 4.86. The molecule has 0 spiro atoms. The van der Waals surface area contributed by atoms with Crippen molar-refractivity contribution in [2.24, 2.45) is 0 Å². The molecule has 0 saturated carbocycles. The summed E-state index contributed by atoms with van der Waals surface area (Å²) in [6, 6.07) is 6.91. The highest BCUT2D eigenvalue weighted by Gasteiger charge is 2.00. The number of aliphatic hydroxyl groups excluding tert-OH is 1. The van der Waals surface area contributed by atoms with Gasteiger partial charge in [-0.3, -0.25) is 0 Å². The van der Waals surface area contributed by atoms with Crippen molar-refractivity contribution in [3.63, 3.8) is 0 Å². The van der Waals surface area contributed by atoms with E-state index in [0.717, 1.165) is 11.8 Å². The van der Waals surface area contributed by atoms with Crippen LogP contribution in [0.5, 0.6) is 0 Å². The third kappa shape index (κ3) is 2.17. The van der Waals surface area contributed by atoms with E-state index >= 15 is 0 Å². The van der Waals surface area contributed by atoms with Gasteiger partial charge in [0, 0.05) is 23.6 Å². The van der Waals surface area contributed by atoms with Crippen molar-refractivity contribution in [3.05, 3.63) is 54.6 Å². The smallest absolute Gasteiger partial charge is 0.128 e. The summed E-state index contributed by atoms with van der Waals surface area (Å²) >= 11 is 0. The van der Waals surface area contributed by atoms with Crippen LogP contribution in [0.1, 0.15) is 5.56 Å². The van der Waals surface area contributed by atoms with E-state index in [2.05, 4.69) is 4.98 Å². The lowest BCUT2D eigenvalue weighted by Gasteiger charge is -2.03. The van der Waals surface area contributed by atoms with Gasteiger partial charge in [0.2, 0.25) is 0 Å². The molecular weight excluding hydrogens is 207 g/mol. The van der Waals surface area contributed by atoms with Gasteiger partial charge in [0.05, 0.1) is 12.9 Å². The zero-order chi connectivity index (χ0) is 11.4. The molecule has 1 aromatic carbocycles. The molecule has 0 amide bonds. The lowest BCUT2D eigenvalue weighted by atomic mass is 10.2. The van der Waals surface area contributed by atoms with Crippen LogP contribution in [0.25, 0.3) is 11.5 Å².